The molecule has 0 radical (unpaired) electrons. The zero-order chi connectivity index (χ0) is 21.0. The minimum absolute atomic E-state index is 0.0493. The average Bonchev–Trinajstić information content (AvgIpc) is 2.72. The number of nitro benzene ring substituents is 1. The molecule has 6 nitrogen and oxygen atoms in total. The van der Waals surface area contributed by atoms with Gasteiger partial charge in [0.15, 0.2) is 0 Å². The lowest BCUT2D eigenvalue weighted by molar-refractivity contribution is -0.385. The number of methoxy groups -OCH3 is 1. The van der Waals surface area contributed by atoms with Gasteiger partial charge in [-0.1, -0.05) is 24.3 Å². The first-order valence-corrected chi connectivity index (χ1v) is 8.84. The summed E-state index contributed by atoms with van der Waals surface area (Å²) in [6.45, 7) is 1.58. The van der Waals surface area contributed by atoms with Crippen molar-refractivity contribution < 1.29 is 18.8 Å². The number of nitro groups is 1. The van der Waals surface area contributed by atoms with E-state index < -0.39 is 16.9 Å². The number of ether oxygens (including phenoxy) is 1. The monoisotopic (exact) mass is 394 g/mol. The molecular formula is C22H19FN2O4. The Morgan fingerprint density at radius 3 is 2.14 bits per heavy atom. The quantitative estimate of drug-likeness (QED) is 0.490. The molecule has 1 unspecified atom stereocenters. The van der Waals surface area contributed by atoms with Crippen LogP contribution in [0.15, 0.2) is 66.7 Å². The van der Waals surface area contributed by atoms with Crippen LogP contribution in [0.4, 0.5) is 10.1 Å². The highest BCUT2D eigenvalue weighted by Gasteiger charge is 2.20. The number of aryl methyl sites for hydroxylation is 1. The summed E-state index contributed by atoms with van der Waals surface area (Å²) in [5.41, 5.74) is 2.12. The molecule has 1 amide bonds. The molecule has 0 spiro atoms. The standard InChI is InChI=1S/C22H19FN2O4/c1-14-13-17(7-12-20(14)25(27)28)22(26)24-21(15-3-8-18(23)9-4-15)16-5-10-19(29-2)11-6-16/h3-13,21H,1-2H3,(H,24,26). The van der Waals surface area contributed by atoms with E-state index in [-0.39, 0.29) is 11.5 Å². The molecule has 148 valence electrons. The molecule has 0 aliphatic heterocycles. The van der Waals surface area contributed by atoms with Crippen LogP contribution >= 0.6 is 0 Å². The van der Waals surface area contributed by atoms with E-state index in [0.717, 1.165) is 5.56 Å². The van der Waals surface area contributed by atoms with E-state index in [4.69, 9.17) is 4.74 Å². The molecular weight excluding hydrogens is 375 g/mol. The molecule has 0 bridgehead atoms. The van der Waals surface area contributed by atoms with Crippen molar-refractivity contribution >= 4 is 11.6 Å². The second-order valence-electron chi connectivity index (χ2n) is 6.49. The molecule has 1 atom stereocenters. The number of halogens is 1. The summed E-state index contributed by atoms with van der Waals surface area (Å²) in [6.07, 6.45) is 0. The second-order valence-corrected chi connectivity index (χ2v) is 6.49. The smallest absolute Gasteiger partial charge is 0.272 e. The lowest BCUT2D eigenvalue weighted by Gasteiger charge is -2.20. The summed E-state index contributed by atoms with van der Waals surface area (Å²) in [5, 5.41) is 13.9. The number of nitrogens with one attached hydrogen (secondary N) is 1. The Labute approximate surface area is 167 Å². The zero-order valence-electron chi connectivity index (χ0n) is 15.9. The molecule has 3 aromatic rings. The van der Waals surface area contributed by atoms with Gasteiger partial charge in [0.25, 0.3) is 11.6 Å². The lowest BCUT2D eigenvalue weighted by atomic mass is 9.97. The van der Waals surface area contributed by atoms with Crippen LogP contribution in [0.2, 0.25) is 0 Å². The fourth-order valence-corrected chi connectivity index (χ4v) is 3.03. The molecule has 0 heterocycles. The topological polar surface area (TPSA) is 81.5 Å². The zero-order valence-corrected chi connectivity index (χ0v) is 15.9. The van der Waals surface area contributed by atoms with Crippen molar-refractivity contribution in [3.05, 3.63) is 105 Å². The average molecular weight is 394 g/mol. The van der Waals surface area contributed by atoms with Crippen LogP contribution in [0.25, 0.3) is 0 Å². The molecule has 1 N–H and O–H groups in total. The van der Waals surface area contributed by atoms with Crippen LogP contribution in [0, 0.1) is 22.9 Å². The summed E-state index contributed by atoms with van der Waals surface area (Å²) in [5.74, 6) is -0.100. The van der Waals surface area contributed by atoms with Gasteiger partial charge in [-0.2, -0.15) is 0 Å². The third-order valence-electron chi connectivity index (χ3n) is 4.58. The number of nitrogens with zero attached hydrogens (tertiary/aromatic N) is 1. The number of carbonyl (C=O) groups is 1. The number of amides is 1. The fraction of sp³-hybridized carbons (Fsp3) is 0.136. The van der Waals surface area contributed by atoms with Gasteiger partial charge in [0.2, 0.25) is 0 Å². The summed E-state index contributed by atoms with van der Waals surface area (Å²) in [4.78, 5) is 23.3. The van der Waals surface area contributed by atoms with Gasteiger partial charge in [0.05, 0.1) is 18.1 Å². The van der Waals surface area contributed by atoms with Crippen LogP contribution in [-0.4, -0.2) is 17.9 Å². The molecule has 0 fully saturated rings. The molecule has 29 heavy (non-hydrogen) atoms. The van der Waals surface area contributed by atoms with E-state index in [0.29, 0.717) is 22.4 Å². The number of hydrogen-bond acceptors (Lipinski definition) is 4. The van der Waals surface area contributed by atoms with Gasteiger partial charge in [-0.3, -0.25) is 14.9 Å². The summed E-state index contributed by atoms with van der Waals surface area (Å²) in [7, 11) is 1.56. The summed E-state index contributed by atoms with van der Waals surface area (Å²) < 4.78 is 18.5. The maximum absolute atomic E-state index is 13.4. The second kappa shape index (κ2) is 8.52. The Morgan fingerprint density at radius 1 is 1.03 bits per heavy atom. The Balaban J connectivity index is 1.93. The largest absolute Gasteiger partial charge is 0.497 e. The van der Waals surface area contributed by atoms with E-state index >= 15 is 0 Å². The van der Waals surface area contributed by atoms with Crippen LogP contribution < -0.4 is 10.1 Å². The van der Waals surface area contributed by atoms with Crippen molar-refractivity contribution in [3.8, 4) is 5.75 Å². The van der Waals surface area contributed by atoms with E-state index in [1.165, 1.54) is 30.3 Å². The first kappa shape index (κ1) is 20.0. The highest BCUT2D eigenvalue weighted by Crippen LogP contribution is 2.26. The Kier molecular flexibility index (Phi) is 5.87. The van der Waals surface area contributed by atoms with Crippen LogP contribution in [0.1, 0.15) is 33.1 Å². The van der Waals surface area contributed by atoms with Gasteiger partial charge >= 0.3 is 0 Å². The first-order chi connectivity index (χ1) is 13.9. The maximum Gasteiger partial charge on any atom is 0.272 e. The van der Waals surface area contributed by atoms with Gasteiger partial charge in [-0.25, -0.2) is 4.39 Å². The van der Waals surface area contributed by atoms with E-state index in [9.17, 15) is 19.3 Å². The third kappa shape index (κ3) is 4.57. The number of benzene rings is 3. The summed E-state index contributed by atoms with van der Waals surface area (Å²) in [6, 6.07) is 16.7. The van der Waals surface area contributed by atoms with Crippen molar-refractivity contribution in [2.75, 3.05) is 7.11 Å². The van der Waals surface area contributed by atoms with Gasteiger partial charge in [0, 0.05) is 17.2 Å². The first-order valence-electron chi connectivity index (χ1n) is 8.84. The number of carbonyl (C=O) groups excluding carboxylic acids is 1. The van der Waals surface area contributed by atoms with E-state index in [2.05, 4.69) is 5.32 Å². The van der Waals surface area contributed by atoms with Crippen molar-refractivity contribution in [2.45, 2.75) is 13.0 Å². The predicted octanol–water partition coefficient (Wildman–Crippen LogP) is 4.57. The van der Waals surface area contributed by atoms with Crippen molar-refractivity contribution in [1.29, 1.82) is 0 Å². The van der Waals surface area contributed by atoms with Crippen LogP contribution in [-0.2, 0) is 0 Å². The third-order valence-corrected chi connectivity index (χ3v) is 4.58. The number of hydrogen-bond donors (Lipinski definition) is 1. The van der Waals surface area contributed by atoms with Gasteiger partial charge in [0.1, 0.15) is 11.6 Å². The fourth-order valence-electron chi connectivity index (χ4n) is 3.03. The van der Waals surface area contributed by atoms with Gasteiger partial charge < -0.3 is 10.1 Å². The molecule has 3 rings (SSSR count). The Morgan fingerprint density at radius 2 is 1.62 bits per heavy atom. The highest BCUT2D eigenvalue weighted by atomic mass is 19.1. The van der Waals surface area contributed by atoms with Crippen molar-refractivity contribution in [1.82, 2.24) is 5.32 Å². The Hall–Kier alpha value is -3.74. The highest BCUT2D eigenvalue weighted by molar-refractivity contribution is 5.95. The predicted molar refractivity (Wildman–Crippen MR) is 107 cm³/mol. The summed E-state index contributed by atoms with van der Waals surface area (Å²) >= 11 is 0. The minimum atomic E-state index is -0.537. The van der Waals surface area contributed by atoms with Crippen molar-refractivity contribution in [2.24, 2.45) is 0 Å². The molecule has 0 aliphatic carbocycles. The lowest BCUT2D eigenvalue weighted by Crippen LogP contribution is -2.29. The van der Waals surface area contributed by atoms with Crippen LogP contribution in [0.5, 0.6) is 5.75 Å². The molecule has 0 saturated carbocycles. The van der Waals surface area contributed by atoms with E-state index in [1.807, 2.05) is 12.1 Å². The molecule has 3 aromatic carbocycles. The molecule has 0 aromatic heterocycles. The SMILES string of the molecule is COc1ccc(C(NC(=O)c2ccc([N+](=O)[O-])c(C)c2)c2ccc(F)cc2)cc1. The van der Waals surface area contributed by atoms with Crippen molar-refractivity contribution in [3.63, 3.8) is 0 Å². The molecule has 7 heteroatoms. The van der Waals surface area contributed by atoms with Gasteiger partial charge in [-0.05, 0) is 54.4 Å². The van der Waals surface area contributed by atoms with Gasteiger partial charge in [-0.15, -0.1) is 0 Å². The Bertz CT molecular complexity index is 1030. The maximum atomic E-state index is 13.4. The molecule has 0 saturated heterocycles. The van der Waals surface area contributed by atoms with E-state index in [1.54, 1.807) is 38.3 Å². The van der Waals surface area contributed by atoms with Crippen LogP contribution in [0.3, 0.4) is 0 Å². The number of rotatable bonds is 6. The normalized spacial score (nSPS) is 11.6. The molecule has 0 aliphatic rings. The minimum Gasteiger partial charge on any atom is -0.497 e.